The van der Waals surface area contributed by atoms with Gasteiger partial charge in [0.1, 0.15) is 0 Å². The van der Waals surface area contributed by atoms with Crippen LogP contribution in [0, 0.1) is 0 Å². The number of hydrogen-bond acceptors (Lipinski definition) is 3. The van der Waals surface area contributed by atoms with Crippen molar-refractivity contribution in [2.75, 3.05) is 19.7 Å². The van der Waals surface area contributed by atoms with E-state index in [1.165, 1.54) is 0 Å². The predicted octanol–water partition coefficient (Wildman–Crippen LogP) is 2.39. The fourth-order valence-corrected chi connectivity index (χ4v) is 2.49. The molecule has 1 aromatic carbocycles. The lowest BCUT2D eigenvalue weighted by atomic mass is 10.1. The molecule has 1 aromatic rings. The van der Waals surface area contributed by atoms with Gasteiger partial charge in [-0.15, -0.1) is 0 Å². The molecule has 2 rings (SSSR count). The van der Waals surface area contributed by atoms with E-state index in [1.807, 2.05) is 12.1 Å². The van der Waals surface area contributed by atoms with Crippen molar-refractivity contribution in [2.24, 2.45) is 0 Å². The normalized spacial score (nSPS) is 18.9. The number of aromatic carboxylic acids is 1. The van der Waals surface area contributed by atoms with Crippen LogP contribution in [0.5, 0.6) is 0 Å². The standard InChI is InChI=1S/C15H21NO3/c1-2-16(11-13-7-5-9-19-13)10-12-6-3-4-8-14(12)15(17)18/h3-4,6,8,13H,2,5,7,9-11H2,1H3,(H,17,18). The van der Waals surface area contributed by atoms with Crippen LogP contribution in [0.1, 0.15) is 35.7 Å². The van der Waals surface area contributed by atoms with Crippen LogP contribution in [0.2, 0.25) is 0 Å². The van der Waals surface area contributed by atoms with Crippen molar-refractivity contribution in [3.05, 3.63) is 35.4 Å². The van der Waals surface area contributed by atoms with Gasteiger partial charge in [0.25, 0.3) is 0 Å². The number of hydrogen-bond donors (Lipinski definition) is 1. The summed E-state index contributed by atoms with van der Waals surface area (Å²) < 4.78 is 5.64. The van der Waals surface area contributed by atoms with E-state index < -0.39 is 5.97 Å². The van der Waals surface area contributed by atoms with Gasteiger partial charge in [0.05, 0.1) is 11.7 Å². The first-order valence-electron chi connectivity index (χ1n) is 6.86. The van der Waals surface area contributed by atoms with Crippen LogP contribution in [-0.2, 0) is 11.3 Å². The van der Waals surface area contributed by atoms with Crippen molar-refractivity contribution >= 4 is 5.97 Å². The highest BCUT2D eigenvalue weighted by Gasteiger charge is 2.19. The van der Waals surface area contributed by atoms with E-state index in [4.69, 9.17) is 4.74 Å². The van der Waals surface area contributed by atoms with Gasteiger partial charge in [-0.3, -0.25) is 4.90 Å². The SMILES string of the molecule is CCN(Cc1ccccc1C(=O)O)CC1CCCO1. The van der Waals surface area contributed by atoms with Crippen molar-refractivity contribution in [3.8, 4) is 0 Å². The van der Waals surface area contributed by atoms with Gasteiger partial charge in [0, 0.05) is 19.7 Å². The minimum Gasteiger partial charge on any atom is -0.478 e. The van der Waals surface area contributed by atoms with Crippen LogP contribution in [0.15, 0.2) is 24.3 Å². The number of ether oxygens (including phenoxy) is 1. The Balaban J connectivity index is 2.03. The number of carboxylic acid groups (broad SMARTS) is 1. The Hall–Kier alpha value is -1.39. The fraction of sp³-hybridized carbons (Fsp3) is 0.533. The molecule has 1 aliphatic heterocycles. The monoisotopic (exact) mass is 263 g/mol. The van der Waals surface area contributed by atoms with Crippen molar-refractivity contribution in [1.29, 1.82) is 0 Å². The number of likely N-dealkylation sites (N-methyl/N-ethyl adjacent to an activating group) is 1. The van der Waals surface area contributed by atoms with Crippen molar-refractivity contribution in [3.63, 3.8) is 0 Å². The molecule has 1 aliphatic rings. The molecular weight excluding hydrogens is 242 g/mol. The third kappa shape index (κ3) is 3.78. The average Bonchev–Trinajstić information content (AvgIpc) is 2.91. The summed E-state index contributed by atoms with van der Waals surface area (Å²) in [7, 11) is 0. The lowest BCUT2D eigenvalue weighted by molar-refractivity contribution is 0.0682. The van der Waals surface area contributed by atoms with Gasteiger partial charge in [0.15, 0.2) is 0 Å². The molecular formula is C15H21NO3. The maximum Gasteiger partial charge on any atom is 0.336 e. The summed E-state index contributed by atoms with van der Waals surface area (Å²) >= 11 is 0. The zero-order chi connectivity index (χ0) is 13.7. The average molecular weight is 263 g/mol. The van der Waals surface area contributed by atoms with Gasteiger partial charge in [-0.2, -0.15) is 0 Å². The Morgan fingerprint density at radius 2 is 2.26 bits per heavy atom. The van der Waals surface area contributed by atoms with Crippen LogP contribution < -0.4 is 0 Å². The molecule has 0 spiro atoms. The molecule has 1 N–H and O–H groups in total. The van der Waals surface area contributed by atoms with Gasteiger partial charge < -0.3 is 9.84 Å². The maximum absolute atomic E-state index is 11.2. The minimum absolute atomic E-state index is 0.303. The van der Waals surface area contributed by atoms with Gasteiger partial charge >= 0.3 is 5.97 Å². The zero-order valence-corrected chi connectivity index (χ0v) is 11.3. The molecule has 0 aromatic heterocycles. The van der Waals surface area contributed by atoms with E-state index >= 15 is 0 Å². The molecule has 19 heavy (non-hydrogen) atoms. The molecule has 1 atom stereocenters. The van der Waals surface area contributed by atoms with Crippen molar-refractivity contribution < 1.29 is 14.6 Å². The van der Waals surface area contributed by atoms with Crippen LogP contribution in [0.4, 0.5) is 0 Å². The summed E-state index contributed by atoms with van der Waals surface area (Å²) in [5.74, 6) is -0.858. The largest absolute Gasteiger partial charge is 0.478 e. The first-order chi connectivity index (χ1) is 9.20. The third-order valence-corrected chi connectivity index (χ3v) is 3.57. The molecule has 0 aliphatic carbocycles. The summed E-state index contributed by atoms with van der Waals surface area (Å²) in [6.07, 6.45) is 2.54. The summed E-state index contributed by atoms with van der Waals surface area (Å²) in [5.41, 5.74) is 1.27. The van der Waals surface area contributed by atoms with Gasteiger partial charge in [-0.1, -0.05) is 25.1 Å². The number of benzene rings is 1. The van der Waals surface area contributed by atoms with E-state index in [0.717, 1.165) is 38.1 Å². The lowest BCUT2D eigenvalue weighted by Crippen LogP contribution is -2.32. The Kier molecular flexibility index (Phi) is 4.93. The zero-order valence-electron chi connectivity index (χ0n) is 11.3. The van der Waals surface area contributed by atoms with E-state index in [9.17, 15) is 9.90 Å². The third-order valence-electron chi connectivity index (χ3n) is 3.57. The molecule has 4 nitrogen and oxygen atoms in total. The lowest BCUT2D eigenvalue weighted by Gasteiger charge is -2.24. The first kappa shape index (κ1) is 14.0. The molecule has 0 radical (unpaired) electrons. The number of carboxylic acids is 1. The van der Waals surface area contributed by atoms with Gasteiger partial charge in [-0.05, 0) is 31.0 Å². The molecule has 4 heteroatoms. The van der Waals surface area contributed by atoms with Gasteiger partial charge in [0.2, 0.25) is 0 Å². The molecule has 0 saturated carbocycles. The number of carbonyl (C=O) groups is 1. The highest BCUT2D eigenvalue weighted by molar-refractivity contribution is 5.89. The molecule has 104 valence electrons. The Bertz CT molecular complexity index is 427. The number of rotatable bonds is 6. The second kappa shape index (κ2) is 6.68. The highest BCUT2D eigenvalue weighted by Crippen LogP contribution is 2.16. The topological polar surface area (TPSA) is 49.8 Å². The van der Waals surface area contributed by atoms with E-state index in [-0.39, 0.29) is 0 Å². The van der Waals surface area contributed by atoms with Gasteiger partial charge in [-0.25, -0.2) is 4.79 Å². The fourth-order valence-electron chi connectivity index (χ4n) is 2.49. The van der Waals surface area contributed by atoms with Crippen LogP contribution in [0.3, 0.4) is 0 Å². The molecule has 1 unspecified atom stereocenters. The van der Waals surface area contributed by atoms with E-state index in [1.54, 1.807) is 12.1 Å². The Labute approximate surface area is 114 Å². The molecule has 1 fully saturated rings. The van der Waals surface area contributed by atoms with Crippen molar-refractivity contribution in [2.45, 2.75) is 32.4 Å². The summed E-state index contributed by atoms with van der Waals surface area (Å²) in [5, 5.41) is 9.19. The second-order valence-corrected chi connectivity index (χ2v) is 4.93. The predicted molar refractivity (Wildman–Crippen MR) is 73.3 cm³/mol. The number of nitrogens with zero attached hydrogens (tertiary/aromatic N) is 1. The smallest absolute Gasteiger partial charge is 0.336 e. The van der Waals surface area contributed by atoms with Crippen LogP contribution in [-0.4, -0.2) is 41.8 Å². The Morgan fingerprint density at radius 3 is 2.89 bits per heavy atom. The molecule has 1 heterocycles. The highest BCUT2D eigenvalue weighted by atomic mass is 16.5. The van der Waals surface area contributed by atoms with E-state index in [0.29, 0.717) is 18.2 Å². The van der Waals surface area contributed by atoms with E-state index in [2.05, 4.69) is 11.8 Å². The first-order valence-corrected chi connectivity index (χ1v) is 6.86. The molecule has 0 amide bonds. The summed E-state index contributed by atoms with van der Waals surface area (Å²) in [6, 6.07) is 7.21. The summed E-state index contributed by atoms with van der Waals surface area (Å²) in [6.45, 7) is 5.39. The summed E-state index contributed by atoms with van der Waals surface area (Å²) in [4.78, 5) is 13.4. The van der Waals surface area contributed by atoms with Crippen LogP contribution in [0.25, 0.3) is 0 Å². The van der Waals surface area contributed by atoms with Crippen LogP contribution >= 0.6 is 0 Å². The minimum atomic E-state index is -0.858. The van der Waals surface area contributed by atoms with Crippen molar-refractivity contribution in [1.82, 2.24) is 4.90 Å². The molecule has 1 saturated heterocycles. The molecule has 0 bridgehead atoms. The maximum atomic E-state index is 11.2. The second-order valence-electron chi connectivity index (χ2n) is 4.93. The quantitative estimate of drug-likeness (QED) is 0.856. The Morgan fingerprint density at radius 1 is 1.47 bits per heavy atom.